The van der Waals surface area contributed by atoms with E-state index in [2.05, 4.69) is 5.32 Å². The van der Waals surface area contributed by atoms with Crippen molar-refractivity contribution in [2.24, 2.45) is 5.92 Å². The van der Waals surface area contributed by atoms with Crippen molar-refractivity contribution >= 4 is 17.8 Å². The molecule has 0 radical (unpaired) electrons. The normalized spacial score (nSPS) is 20.7. The van der Waals surface area contributed by atoms with Gasteiger partial charge in [-0.25, -0.2) is 0 Å². The van der Waals surface area contributed by atoms with Crippen LogP contribution >= 0.6 is 0 Å². The monoisotopic (exact) mass is 318 g/mol. The van der Waals surface area contributed by atoms with E-state index in [0.29, 0.717) is 18.5 Å². The number of nitrogens with one attached hydrogen (secondary N) is 1. The highest BCUT2D eigenvalue weighted by Gasteiger charge is 2.37. The first-order valence-electron chi connectivity index (χ1n) is 7.65. The van der Waals surface area contributed by atoms with Gasteiger partial charge in [0, 0.05) is 32.5 Å². The molecule has 1 heterocycles. The van der Waals surface area contributed by atoms with E-state index < -0.39 is 11.4 Å². The van der Waals surface area contributed by atoms with Gasteiger partial charge in [-0.2, -0.15) is 0 Å². The summed E-state index contributed by atoms with van der Waals surface area (Å²) in [4.78, 5) is 37.3. The van der Waals surface area contributed by atoms with Gasteiger partial charge in [-0.3, -0.25) is 14.4 Å². The van der Waals surface area contributed by atoms with Crippen LogP contribution < -0.4 is 5.32 Å². The molecule has 0 bridgehead atoms. The minimum Gasteiger partial charge on any atom is -0.481 e. The molecule has 2 unspecified atom stereocenters. The Bertz CT molecular complexity index is 602. The fourth-order valence-corrected chi connectivity index (χ4v) is 2.68. The molecule has 0 spiro atoms. The average Bonchev–Trinajstić information content (AvgIpc) is 2.55. The zero-order valence-corrected chi connectivity index (χ0v) is 13.4. The van der Waals surface area contributed by atoms with E-state index in [1.165, 1.54) is 0 Å². The van der Waals surface area contributed by atoms with Crippen LogP contribution in [-0.2, 0) is 19.8 Å². The quantitative estimate of drug-likeness (QED) is 0.848. The second kappa shape index (κ2) is 6.81. The van der Waals surface area contributed by atoms with Crippen LogP contribution in [0.5, 0.6) is 0 Å². The number of piperidine rings is 1. The summed E-state index contributed by atoms with van der Waals surface area (Å²) in [7, 11) is 1.72. The molecule has 1 aliphatic rings. The molecule has 2 rings (SSSR count). The third kappa shape index (κ3) is 3.70. The Balaban J connectivity index is 2.04. The van der Waals surface area contributed by atoms with Crippen LogP contribution in [0, 0.1) is 5.92 Å². The fourth-order valence-electron chi connectivity index (χ4n) is 2.68. The largest absolute Gasteiger partial charge is 0.481 e. The van der Waals surface area contributed by atoms with Crippen LogP contribution in [0.15, 0.2) is 30.3 Å². The van der Waals surface area contributed by atoms with Gasteiger partial charge in [0.1, 0.15) is 5.41 Å². The zero-order chi connectivity index (χ0) is 17.0. The number of likely N-dealkylation sites (tertiary alicyclic amines) is 1. The number of carbonyl (C=O) groups is 3. The van der Waals surface area contributed by atoms with Crippen molar-refractivity contribution < 1.29 is 19.5 Å². The van der Waals surface area contributed by atoms with Gasteiger partial charge in [0.15, 0.2) is 0 Å². The molecule has 2 amide bonds. The molecular formula is C17H22N2O4. The molecule has 1 aromatic carbocycles. The maximum atomic E-state index is 12.3. The van der Waals surface area contributed by atoms with Crippen LogP contribution in [0.4, 0.5) is 0 Å². The Labute approximate surface area is 135 Å². The summed E-state index contributed by atoms with van der Waals surface area (Å²) in [5.41, 5.74) is -0.570. The fraction of sp³-hybridized carbons (Fsp3) is 0.471. The molecular weight excluding hydrogens is 296 g/mol. The number of hydrogen-bond acceptors (Lipinski definition) is 3. The molecule has 1 saturated heterocycles. The Morgan fingerprint density at radius 1 is 1.35 bits per heavy atom. The topological polar surface area (TPSA) is 86.7 Å². The predicted octanol–water partition coefficient (Wildman–Crippen LogP) is 1.01. The summed E-state index contributed by atoms with van der Waals surface area (Å²) >= 11 is 0. The first kappa shape index (κ1) is 17.0. The lowest BCUT2D eigenvalue weighted by molar-refractivity contribution is -0.144. The first-order valence-corrected chi connectivity index (χ1v) is 7.65. The van der Waals surface area contributed by atoms with E-state index in [9.17, 15) is 19.5 Å². The lowest BCUT2D eigenvalue weighted by Gasteiger charge is -2.30. The number of amides is 2. The van der Waals surface area contributed by atoms with E-state index >= 15 is 0 Å². The Hall–Kier alpha value is -2.37. The van der Waals surface area contributed by atoms with Crippen molar-refractivity contribution in [3.63, 3.8) is 0 Å². The summed E-state index contributed by atoms with van der Waals surface area (Å²) in [6.07, 6.45) is 0.778. The average molecular weight is 318 g/mol. The Morgan fingerprint density at radius 3 is 2.57 bits per heavy atom. The van der Waals surface area contributed by atoms with Crippen LogP contribution in [0.1, 0.15) is 25.3 Å². The molecule has 0 saturated carbocycles. The zero-order valence-electron chi connectivity index (χ0n) is 13.4. The number of aliphatic carboxylic acids is 1. The first-order chi connectivity index (χ1) is 10.8. The van der Waals surface area contributed by atoms with Gasteiger partial charge < -0.3 is 15.3 Å². The molecule has 6 heteroatoms. The SMILES string of the molecule is CN1CCC(C(=O)NCC(C)(C(=O)O)c2ccccc2)CC1=O. The maximum absolute atomic E-state index is 12.3. The van der Waals surface area contributed by atoms with E-state index in [1.807, 2.05) is 6.07 Å². The Morgan fingerprint density at radius 2 is 2.00 bits per heavy atom. The molecule has 0 aliphatic carbocycles. The highest BCUT2D eigenvalue weighted by atomic mass is 16.4. The lowest BCUT2D eigenvalue weighted by Crippen LogP contribution is -2.48. The van der Waals surface area contributed by atoms with Gasteiger partial charge in [0.2, 0.25) is 11.8 Å². The van der Waals surface area contributed by atoms with Gasteiger partial charge in [0.05, 0.1) is 0 Å². The van der Waals surface area contributed by atoms with Crippen molar-refractivity contribution in [3.8, 4) is 0 Å². The number of carbonyl (C=O) groups excluding carboxylic acids is 2. The minimum atomic E-state index is -1.20. The highest BCUT2D eigenvalue weighted by Crippen LogP contribution is 2.24. The van der Waals surface area contributed by atoms with E-state index in [0.717, 1.165) is 0 Å². The number of hydrogen-bond donors (Lipinski definition) is 2. The van der Waals surface area contributed by atoms with Crippen molar-refractivity contribution in [2.45, 2.75) is 25.2 Å². The van der Waals surface area contributed by atoms with Crippen molar-refractivity contribution in [2.75, 3.05) is 20.1 Å². The van der Waals surface area contributed by atoms with Crippen molar-refractivity contribution in [3.05, 3.63) is 35.9 Å². The highest BCUT2D eigenvalue weighted by molar-refractivity contribution is 5.88. The summed E-state index contributed by atoms with van der Waals surface area (Å²) in [6.45, 7) is 2.13. The third-order valence-electron chi connectivity index (χ3n) is 4.53. The summed E-state index contributed by atoms with van der Waals surface area (Å²) in [5.74, 6) is -1.69. The molecule has 124 valence electrons. The van der Waals surface area contributed by atoms with E-state index in [4.69, 9.17) is 0 Å². The molecule has 0 aromatic heterocycles. The van der Waals surface area contributed by atoms with Crippen molar-refractivity contribution in [1.29, 1.82) is 0 Å². The predicted molar refractivity (Wildman–Crippen MR) is 84.8 cm³/mol. The molecule has 2 N–H and O–H groups in total. The van der Waals surface area contributed by atoms with Crippen LogP contribution in [0.2, 0.25) is 0 Å². The molecule has 23 heavy (non-hydrogen) atoms. The number of carboxylic acids is 1. The van der Waals surface area contributed by atoms with Crippen LogP contribution in [0.25, 0.3) is 0 Å². The molecule has 1 aliphatic heterocycles. The molecule has 2 atom stereocenters. The van der Waals surface area contributed by atoms with Gasteiger partial charge in [0.25, 0.3) is 0 Å². The molecule has 1 fully saturated rings. The second-order valence-electron chi connectivity index (χ2n) is 6.23. The standard InChI is InChI=1S/C17H22N2O4/c1-17(16(22)23,13-6-4-3-5-7-13)11-18-15(21)12-8-9-19(2)14(20)10-12/h3-7,12H,8-11H2,1-2H3,(H,18,21)(H,22,23). The van der Waals surface area contributed by atoms with Crippen LogP contribution in [0.3, 0.4) is 0 Å². The van der Waals surface area contributed by atoms with Gasteiger partial charge in [-0.15, -0.1) is 0 Å². The van der Waals surface area contributed by atoms with Gasteiger partial charge in [-0.05, 0) is 18.9 Å². The molecule has 1 aromatic rings. The van der Waals surface area contributed by atoms with Crippen molar-refractivity contribution in [1.82, 2.24) is 10.2 Å². The van der Waals surface area contributed by atoms with Crippen LogP contribution in [-0.4, -0.2) is 47.9 Å². The number of carboxylic acid groups (broad SMARTS) is 1. The smallest absolute Gasteiger partial charge is 0.315 e. The van der Waals surface area contributed by atoms with Gasteiger partial charge >= 0.3 is 5.97 Å². The third-order valence-corrected chi connectivity index (χ3v) is 4.53. The van der Waals surface area contributed by atoms with E-state index in [-0.39, 0.29) is 30.7 Å². The maximum Gasteiger partial charge on any atom is 0.315 e. The Kier molecular flexibility index (Phi) is 5.03. The lowest BCUT2D eigenvalue weighted by atomic mass is 9.82. The van der Waals surface area contributed by atoms with Gasteiger partial charge in [-0.1, -0.05) is 30.3 Å². The minimum absolute atomic E-state index is 0.00822. The number of nitrogens with zero attached hydrogens (tertiary/aromatic N) is 1. The summed E-state index contributed by atoms with van der Waals surface area (Å²) in [6, 6.07) is 8.83. The number of rotatable bonds is 5. The number of benzene rings is 1. The summed E-state index contributed by atoms with van der Waals surface area (Å²) in [5, 5.41) is 12.3. The summed E-state index contributed by atoms with van der Waals surface area (Å²) < 4.78 is 0. The van der Waals surface area contributed by atoms with E-state index in [1.54, 1.807) is 43.1 Å². The molecule has 6 nitrogen and oxygen atoms in total. The second-order valence-corrected chi connectivity index (χ2v) is 6.23.